The van der Waals surface area contributed by atoms with E-state index in [4.69, 9.17) is 9.47 Å². The summed E-state index contributed by atoms with van der Waals surface area (Å²) in [7, 11) is 1.58. The average molecular weight is 307 g/mol. The normalized spacial score (nSPS) is 19.0. The molecule has 6 heteroatoms. The zero-order valence-electron chi connectivity index (χ0n) is 12.6. The standard InChI is InChI=1S/C16H21NO5/c1-21-11-13-8-5-9-17(13)16(20)22-14(15(18)19)10-12-6-3-2-4-7-12/h2-4,6-7,13-14H,5,8-11H2,1H3,(H,18,19)/t13-,14?/m0/s1. The largest absolute Gasteiger partial charge is 0.478 e. The van der Waals surface area contributed by atoms with Gasteiger partial charge in [0.25, 0.3) is 0 Å². The minimum Gasteiger partial charge on any atom is -0.478 e. The fourth-order valence-electron chi connectivity index (χ4n) is 2.64. The molecule has 2 rings (SSSR count). The van der Waals surface area contributed by atoms with Crippen LogP contribution in [0.1, 0.15) is 18.4 Å². The SMILES string of the molecule is COC[C@@H]1CCCN1C(=O)OC(Cc1ccccc1)C(=O)O. The Bertz CT molecular complexity index is 505. The van der Waals surface area contributed by atoms with Crippen molar-refractivity contribution in [2.45, 2.75) is 31.4 Å². The number of hydrogen-bond donors (Lipinski definition) is 1. The van der Waals surface area contributed by atoms with Gasteiger partial charge in [-0.05, 0) is 18.4 Å². The van der Waals surface area contributed by atoms with Crippen LogP contribution < -0.4 is 0 Å². The van der Waals surface area contributed by atoms with Crippen molar-refractivity contribution < 1.29 is 24.2 Å². The number of carboxylic acids is 1. The molecule has 1 saturated heterocycles. The van der Waals surface area contributed by atoms with E-state index in [0.29, 0.717) is 13.2 Å². The lowest BCUT2D eigenvalue weighted by atomic mass is 10.1. The van der Waals surface area contributed by atoms with Crippen molar-refractivity contribution in [1.29, 1.82) is 0 Å². The van der Waals surface area contributed by atoms with Crippen molar-refractivity contribution in [2.75, 3.05) is 20.3 Å². The Balaban J connectivity index is 1.98. The van der Waals surface area contributed by atoms with Gasteiger partial charge in [-0.3, -0.25) is 0 Å². The van der Waals surface area contributed by atoms with Crippen LogP contribution in [0, 0.1) is 0 Å². The lowest BCUT2D eigenvalue weighted by molar-refractivity contribution is -0.147. The molecule has 1 amide bonds. The van der Waals surface area contributed by atoms with E-state index >= 15 is 0 Å². The fourth-order valence-corrected chi connectivity index (χ4v) is 2.64. The number of hydrogen-bond acceptors (Lipinski definition) is 4. The highest BCUT2D eigenvalue weighted by atomic mass is 16.6. The zero-order valence-corrected chi connectivity index (χ0v) is 12.6. The van der Waals surface area contributed by atoms with Crippen LogP contribution in [-0.2, 0) is 20.7 Å². The highest BCUT2D eigenvalue weighted by molar-refractivity contribution is 5.78. The Morgan fingerprint density at radius 3 is 2.73 bits per heavy atom. The molecule has 1 N–H and O–H groups in total. The first-order chi connectivity index (χ1) is 10.6. The summed E-state index contributed by atoms with van der Waals surface area (Å²) in [5.74, 6) is -1.14. The Hall–Kier alpha value is -2.08. The Morgan fingerprint density at radius 2 is 2.09 bits per heavy atom. The molecule has 6 nitrogen and oxygen atoms in total. The van der Waals surface area contributed by atoms with Gasteiger partial charge in [0, 0.05) is 20.1 Å². The minimum absolute atomic E-state index is 0.0383. The van der Waals surface area contributed by atoms with Crippen LogP contribution in [0.2, 0.25) is 0 Å². The second-order valence-corrected chi connectivity index (χ2v) is 5.35. The summed E-state index contributed by atoms with van der Waals surface area (Å²) in [6.45, 7) is 1.01. The molecule has 1 fully saturated rings. The number of carboxylic acid groups (broad SMARTS) is 1. The van der Waals surface area contributed by atoms with E-state index in [1.165, 1.54) is 0 Å². The predicted octanol–water partition coefficient (Wildman–Crippen LogP) is 1.93. The lowest BCUT2D eigenvalue weighted by Gasteiger charge is -2.25. The quantitative estimate of drug-likeness (QED) is 0.869. The molecule has 1 aliphatic heterocycles. The van der Waals surface area contributed by atoms with Crippen LogP contribution in [0.25, 0.3) is 0 Å². The number of aliphatic carboxylic acids is 1. The first-order valence-electron chi connectivity index (χ1n) is 7.34. The van der Waals surface area contributed by atoms with Crippen LogP contribution in [-0.4, -0.2) is 54.5 Å². The third-order valence-electron chi connectivity index (χ3n) is 3.75. The van der Waals surface area contributed by atoms with Crippen molar-refractivity contribution in [2.24, 2.45) is 0 Å². The van der Waals surface area contributed by atoms with Crippen molar-refractivity contribution in [1.82, 2.24) is 4.90 Å². The Kier molecular flexibility index (Phi) is 5.77. The second-order valence-electron chi connectivity index (χ2n) is 5.35. The van der Waals surface area contributed by atoms with E-state index in [0.717, 1.165) is 18.4 Å². The molecule has 1 aliphatic rings. The van der Waals surface area contributed by atoms with Gasteiger partial charge in [-0.2, -0.15) is 0 Å². The molecule has 1 aromatic rings. The lowest BCUT2D eigenvalue weighted by Crippen LogP contribution is -2.42. The highest BCUT2D eigenvalue weighted by Crippen LogP contribution is 2.19. The number of methoxy groups -OCH3 is 1. The van der Waals surface area contributed by atoms with E-state index in [2.05, 4.69) is 0 Å². The number of nitrogens with zero attached hydrogens (tertiary/aromatic N) is 1. The maximum atomic E-state index is 12.2. The zero-order chi connectivity index (χ0) is 15.9. The summed E-state index contributed by atoms with van der Waals surface area (Å²) in [5.41, 5.74) is 0.817. The smallest absolute Gasteiger partial charge is 0.410 e. The summed E-state index contributed by atoms with van der Waals surface area (Å²) in [6.07, 6.45) is 0.116. The molecule has 0 aromatic heterocycles. The summed E-state index contributed by atoms with van der Waals surface area (Å²) >= 11 is 0. The van der Waals surface area contributed by atoms with Crippen LogP contribution in [0.3, 0.4) is 0 Å². The third kappa shape index (κ3) is 4.21. The number of carbonyl (C=O) groups is 2. The number of likely N-dealkylation sites (tertiary alicyclic amines) is 1. The van der Waals surface area contributed by atoms with Gasteiger partial charge in [0.1, 0.15) is 0 Å². The molecule has 2 atom stereocenters. The molecule has 1 unspecified atom stereocenters. The summed E-state index contributed by atoms with van der Waals surface area (Å²) < 4.78 is 10.3. The maximum Gasteiger partial charge on any atom is 0.410 e. The van der Waals surface area contributed by atoms with E-state index in [1.54, 1.807) is 12.0 Å². The van der Waals surface area contributed by atoms with Crippen molar-refractivity contribution in [3.05, 3.63) is 35.9 Å². The van der Waals surface area contributed by atoms with E-state index in [9.17, 15) is 14.7 Å². The van der Waals surface area contributed by atoms with Gasteiger partial charge in [0.05, 0.1) is 12.6 Å². The molecule has 0 saturated carbocycles. The summed E-state index contributed by atoms with van der Waals surface area (Å²) in [5, 5.41) is 9.28. The number of ether oxygens (including phenoxy) is 2. The topological polar surface area (TPSA) is 76.1 Å². The minimum atomic E-state index is -1.18. The molecule has 1 heterocycles. The highest BCUT2D eigenvalue weighted by Gasteiger charge is 2.33. The van der Waals surface area contributed by atoms with Crippen molar-refractivity contribution >= 4 is 12.1 Å². The molecular formula is C16H21NO5. The van der Waals surface area contributed by atoms with Crippen LogP contribution >= 0.6 is 0 Å². The number of carbonyl (C=O) groups excluding carboxylic acids is 1. The number of amides is 1. The molecule has 1 aromatic carbocycles. The second kappa shape index (κ2) is 7.79. The van der Waals surface area contributed by atoms with E-state index in [1.807, 2.05) is 30.3 Å². The molecule has 0 radical (unpaired) electrons. The third-order valence-corrected chi connectivity index (χ3v) is 3.75. The molecule has 0 aliphatic carbocycles. The monoisotopic (exact) mass is 307 g/mol. The average Bonchev–Trinajstić information content (AvgIpc) is 2.96. The van der Waals surface area contributed by atoms with Gasteiger partial charge in [-0.25, -0.2) is 9.59 Å². The van der Waals surface area contributed by atoms with Gasteiger partial charge in [-0.1, -0.05) is 30.3 Å². The predicted molar refractivity (Wildman–Crippen MR) is 79.7 cm³/mol. The Morgan fingerprint density at radius 1 is 1.36 bits per heavy atom. The fraction of sp³-hybridized carbons (Fsp3) is 0.500. The van der Waals surface area contributed by atoms with Gasteiger partial charge < -0.3 is 19.5 Å². The van der Waals surface area contributed by atoms with Crippen molar-refractivity contribution in [3.63, 3.8) is 0 Å². The molecule has 22 heavy (non-hydrogen) atoms. The molecule has 0 spiro atoms. The molecule has 0 bridgehead atoms. The first-order valence-corrected chi connectivity index (χ1v) is 7.34. The maximum absolute atomic E-state index is 12.2. The summed E-state index contributed by atoms with van der Waals surface area (Å²) in [4.78, 5) is 25.1. The number of benzene rings is 1. The van der Waals surface area contributed by atoms with Gasteiger partial charge in [0.2, 0.25) is 6.10 Å². The van der Waals surface area contributed by atoms with Crippen LogP contribution in [0.4, 0.5) is 4.79 Å². The van der Waals surface area contributed by atoms with Crippen LogP contribution in [0.15, 0.2) is 30.3 Å². The summed E-state index contributed by atoms with van der Waals surface area (Å²) in [6, 6.07) is 9.09. The van der Waals surface area contributed by atoms with Gasteiger partial charge >= 0.3 is 12.1 Å². The Labute approximate surface area is 129 Å². The molecule has 120 valence electrons. The van der Waals surface area contributed by atoms with Crippen molar-refractivity contribution in [3.8, 4) is 0 Å². The van der Waals surface area contributed by atoms with E-state index in [-0.39, 0.29) is 12.5 Å². The molecular weight excluding hydrogens is 286 g/mol. The van der Waals surface area contributed by atoms with Gasteiger partial charge in [-0.15, -0.1) is 0 Å². The van der Waals surface area contributed by atoms with Crippen LogP contribution in [0.5, 0.6) is 0 Å². The van der Waals surface area contributed by atoms with Gasteiger partial charge in [0.15, 0.2) is 0 Å². The first kappa shape index (κ1) is 16.3. The van der Waals surface area contributed by atoms with E-state index < -0.39 is 18.2 Å². The number of rotatable bonds is 6.